The molecule has 0 bridgehead atoms. The standard InChI is InChI=1S/C21H32N2O3/c1-4-13-23-14-11-19(12-15-23)22-21(25)17(3)26-20-9-7-18(8-10-20)6-5-16(2)24/h7-10,17,19H,4-6,11-15H2,1-3H3,(H,22,25). The van der Waals surface area contributed by atoms with Crippen LogP contribution in [0.15, 0.2) is 24.3 Å². The zero-order chi connectivity index (χ0) is 18.9. The van der Waals surface area contributed by atoms with E-state index in [4.69, 9.17) is 4.74 Å². The number of hydrogen-bond acceptors (Lipinski definition) is 4. The Balaban J connectivity index is 1.75. The molecule has 0 aromatic heterocycles. The number of carbonyl (C=O) groups is 2. The van der Waals surface area contributed by atoms with Crippen molar-refractivity contribution in [3.8, 4) is 5.75 Å². The highest BCUT2D eigenvalue weighted by Crippen LogP contribution is 2.16. The fourth-order valence-electron chi connectivity index (χ4n) is 3.25. The van der Waals surface area contributed by atoms with Crippen molar-refractivity contribution in [3.63, 3.8) is 0 Å². The van der Waals surface area contributed by atoms with Crippen molar-refractivity contribution in [2.75, 3.05) is 19.6 Å². The van der Waals surface area contributed by atoms with Crippen molar-refractivity contribution in [1.82, 2.24) is 10.2 Å². The number of Topliss-reactive ketones (excluding diaryl/α,β-unsaturated/α-hetero) is 1. The Kier molecular flexibility index (Phi) is 8.10. The van der Waals surface area contributed by atoms with Crippen LogP contribution in [-0.2, 0) is 16.0 Å². The summed E-state index contributed by atoms with van der Waals surface area (Å²) in [6, 6.07) is 7.87. The van der Waals surface area contributed by atoms with Crippen molar-refractivity contribution >= 4 is 11.7 Å². The molecule has 1 aliphatic heterocycles. The lowest BCUT2D eigenvalue weighted by molar-refractivity contribution is -0.128. The van der Waals surface area contributed by atoms with Crippen molar-refractivity contribution in [2.24, 2.45) is 0 Å². The zero-order valence-corrected chi connectivity index (χ0v) is 16.3. The van der Waals surface area contributed by atoms with Gasteiger partial charge in [-0.15, -0.1) is 0 Å². The SMILES string of the molecule is CCCN1CCC(NC(=O)C(C)Oc2ccc(CCC(C)=O)cc2)CC1. The van der Waals surface area contributed by atoms with Gasteiger partial charge >= 0.3 is 0 Å². The molecular weight excluding hydrogens is 328 g/mol. The second-order valence-electron chi connectivity index (χ2n) is 7.23. The molecule has 1 saturated heterocycles. The minimum atomic E-state index is -0.522. The molecule has 0 spiro atoms. The van der Waals surface area contributed by atoms with Gasteiger partial charge in [0.2, 0.25) is 0 Å². The Morgan fingerprint density at radius 2 is 1.88 bits per heavy atom. The quantitative estimate of drug-likeness (QED) is 0.735. The molecule has 1 amide bonds. The van der Waals surface area contributed by atoms with Crippen molar-refractivity contribution < 1.29 is 14.3 Å². The number of aryl methyl sites for hydroxylation is 1. The van der Waals surface area contributed by atoms with Crippen LogP contribution in [0.3, 0.4) is 0 Å². The predicted octanol–water partition coefficient (Wildman–Crippen LogP) is 2.97. The molecule has 1 aromatic rings. The number of ketones is 1. The molecule has 2 rings (SSSR count). The molecule has 1 unspecified atom stereocenters. The summed E-state index contributed by atoms with van der Waals surface area (Å²) in [5.74, 6) is 0.813. The van der Waals surface area contributed by atoms with E-state index >= 15 is 0 Å². The number of amides is 1. The van der Waals surface area contributed by atoms with Crippen LogP contribution in [0.5, 0.6) is 5.75 Å². The number of piperidine rings is 1. The van der Waals surface area contributed by atoms with Gasteiger partial charge in [0, 0.05) is 25.6 Å². The molecule has 1 aromatic carbocycles. The summed E-state index contributed by atoms with van der Waals surface area (Å²) in [5.41, 5.74) is 1.10. The lowest BCUT2D eigenvalue weighted by Crippen LogP contribution is -2.48. The van der Waals surface area contributed by atoms with Crippen LogP contribution in [0.1, 0.15) is 52.0 Å². The third-order valence-corrected chi connectivity index (χ3v) is 4.84. The van der Waals surface area contributed by atoms with E-state index in [0.717, 1.165) is 44.5 Å². The highest BCUT2D eigenvalue weighted by Gasteiger charge is 2.23. The molecule has 1 heterocycles. The van der Waals surface area contributed by atoms with E-state index in [1.807, 2.05) is 24.3 Å². The van der Waals surface area contributed by atoms with Crippen LogP contribution < -0.4 is 10.1 Å². The number of carbonyl (C=O) groups excluding carboxylic acids is 2. The van der Waals surface area contributed by atoms with E-state index in [0.29, 0.717) is 12.2 Å². The first-order valence-electron chi connectivity index (χ1n) is 9.75. The van der Waals surface area contributed by atoms with Crippen LogP contribution in [0.2, 0.25) is 0 Å². The lowest BCUT2D eigenvalue weighted by Gasteiger charge is -2.32. The average molecular weight is 360 g/mol. The maximum absolute atomic E-state index is 12.4. The lowest BCUT2D eigenvalue weighted by atomic mass is 10.0. The van der Waals surface area contributed by atoms with E-state index in [-0.39, 0.29) is 17.7 Å². The molecule has 26 heavy (non-hydrogen) atoms. The first kappa shape index (κ1) is 20.4. The van der Waals surface area contributed by atoms with Gasteiger partial charge in [0.25, 0.3) is 5.91 Å². The van der Waals surface area contributed by atoms with Crippen LogP contribution in [0.4, 0.5) is 0 Å². The summed E-state index contributed by atoms with van der Waals surface area (Å²) in [5, 5.41) is 3.12. The largest absolute Gasteiger partial charge is 0.481 e. The normalized spacial score (nSPS) is 16.9. The van der Waals surface area contributed by atoms with Crippen LogP contribution >= 0.6 is 0 Å². The summed E-state index contributed by atoms with van der Waals surface area (Å²) >= 11 is 0. The van der Waals surface area contributed by atoms with Crippen LogP contribution in [0.25, 0.3) is 0 Å². The second-order valence-corrected chi connectivity index (χ2v) is 7.23. The third kappa shape index (κ3) is 6.79. The van der Waals surface area contributed by atoms with Gasteiger partial charge in [-0.2, -0.15) is 0 Å². The number of rotatable bonds is 9. The molecule has 1 fully saturated rings. The molecular formula is C21H32N2O3. The van der Waals surface area contributed by atoms with Crippen molar-refractivity contribution in [3.05, 3.63) is 29.8 Å². The van der Waals surface area contributed by atoms with E-state index in [1.54, 1.807) is 13.8 Å². The predicted molar refractivity (Wildman–Crippen MR) is 103 cm³/mol. The Hall–Kier alpha value is -1.88. The average Bonchev–Trinajstić information content (AvgIpc) is 2.63. The minimum Gasteiger partial charge on any atom is -0.481 e. The Labute approximate surface area is 157 Å². The van der Waals surface area contributed by atoms with Gasteiger partial charge in [-0.3, -0.25) is 4.79 Å². The molecule has 5 nitrogen and oxygen atoms in total. The van der Waals surface area contributed by atoms with Gasteiger partial charge in [0.1, 0.15) is 11.5 Å². The summed E-state index contributed by atoms with van der Waals surface area (Å²) in [4.78, 5) is 25.9. The van der Waals surface area contributed by atoms with Gasteiger partial charge < -0.3 is 19.7 Å². The third-order valence-electron chi connectivity index (χ3n) is 4.84. The van der Waals surface area contributed by atoms with E-state index in [1.165, 1.54) is 6.42 Å². The summed E-state index contributed by atoms with van der Waals surface area (Å²) < 4.78 is 5.77. The molecule has 144 valence electrons. The number of hydrogen-bond donors (Lipinski definition) is 1. The topological polar surface area (TPSA) is 58.6 Å². The zero-order valence-electron chi connectivity index (χ0n) is 16.3. The smallest absolute Gasteiger partial charge is 0.260 e. The Bertz CT molecular complexity index is 577. The number of benzene rings is 1. The first-order valence-corrected chi connectivity index (χ1v) is 9.75. The molecule has 0 aliphatic carbocycles. The molecule has 1 aliphatic rings. The van der Waals surface area contributed by atoms with Gasteiger partial charge in [-0.1, -0.05) is 19.1 Å². The maximum Gasteiger partial charge on any atom is 0.260 e. The Morgan fingerprint density at radius 3 is 2.46 bits per heavy atom. The first-order chi connectivity index (χ1) is 12.5. The summed E-state index contributed by atoms with van der Waals surface area (Å²) in [7, 11) is 0. The molecule has 0 saturated carbocycles. The van der Waals surface area contributed by atoms with Crippen molar-refractivity contribution in [1.29, 1.82) is 0 Å². The number of nitrogens with one attached hydrogen (secondary N) is 1. The van der Waals surface area contributed by atoms with E-state index < -0.39 is 6.10 Å². The fraction of sp³-hybridized carbons (Fsp3) is 0.619. The van der Waals surface area contributed by atoms with Crippen LogP contribution in [0, 0.1) is 0 Å². The van der Waals surface area contributed by atoms with Crippen LogP contribution in [-0.4, -0.2) is 48.4 Å². The highest BCUT2D eigenvalue weighted by atomic mass is 16.5. The number of ether oxygens (including phenoxy) is 1. The summed E-state index contributed by atoms with van der Waals surface area (Å²) in [6.07, 6.45) is 3.95. The van der Waals surface area contributed by atoms with Gasteiger partial charge in [-0.05, 0) is 63.8 Å². The second kappa shape index (κ2) is 10.3. The van der Waals surface area contributed by atoms with Crippen molar-refractivity contribution in [2.45, 2.75) is 65.0 Å². The highest BCUT2D eigenvalue weighted by molar-refractivity contribution is 5.81. The van der Waals surface area contributed by atoms with Gasteiger partial charge in [0.05, 0.1) is 0 Å². The van der Waals surface area contributed by atoms with E-state index in [9.17, 15) is 9.59 Å². The Morgan fingerprint density at radius 1 is 1.23 bits per heavy atom. The van der Waals surface area contributed by atoms with E-state index in [2.05, 4.69) is 17.1 Å². The number of nitrogens with zero attached hydrogens (tertiary/aromatic N) is 1. The molecule has 1 N–H and O–H groups in total. The summed E-state index contributed by atoms with van der Waals surface area (Å²) in [6.45, 7) is 8.83. The van der Waals surface area contributed by atoms with Gasteiger partial charge in [0.15, 0.2) is 6.10 Å². The molecule has 1 atom stereocenters. The fourth-order valence-corrected chi connectivity index (χ4v) is 3.25. The monoisotopic (exact) mass is 360 g/mol. The molecule has 0 radical (unpaired) electrons. The molecule has 5 heteroatoms. The minimum absolute atomic E-state index is 0.0559. The van der Waals surface area contributed by atoms with Gasteiger partial charge in [-0.25, -0.2) is 0 Å². The number of likely N-dealkylation sites (tertiary alicyclic amines) is 1. The maximum atomic E-state index is 12.4.